The number of thioether (sulfide) groups is 1. The van der Waals surface area contributed by atoms with Gasteiger partial charge in [0, 0.05) is 10.8 Å². The number of ether oxygens (including phenoxy) is 1. The Kier molecular flexibility index (Phi) is 6.89. The summed E-state index contributed by atoms with van der Waals surface area (Å²) in [5.41, 5.74) is 9.61. The zero-order valence-electron chi connectivity index (χ0n) is 16.6. The van der Waals surface area contributed by atoms with Crippen molar-refractivity contribution in [3.63, 3.8) is 0 Å². The fraction of sp³-hybridized carbons (Fsp3) is 0.435. The molecule has 1 saturated heterocycles. The summed E-state index contributed by atoms with van der Waals surface area (Å²) in [5, 5.41) is 9.60. The second kappa shape index (κ2) is 9.37. The van der Waals surface area contributed by atoms with Crippen LogP contribution in [0.2, 0.25) is 0 Å². The van der Waals surface area contributed by atoms with E-state index < -0.39 is 0 Å². The molecule has 2 unspecified atom stereocenters. The van der Waals surface area contributed by atoms with Crippen LogP contribution in [-0.4, -0.2) is 23.4 Å². The normalized spacial score (nSPS) is 19.4. The number of nitrogens with two attached hydrogens (primary N) is 1. The average molecular weight is 400 g/mol. The molecule has 0 radical (unpaired) electrons. The topological polar surface area (TPSA) is 72.5 Å². The van der Waals surface area contributed by atoms with Gasteiger partial charge in [-0.1, -0.05) is 31.5 Å². The van der Waals surface area contributed by atoms with Crippen LogP contribution in [0.3, 0.4) is 0 Å². The van der Waals surface area contributed by atoms with Crippen LogP contribution in [0.5, 0.6) is 5.75 Å². The van der Waals surface area contributed by atoms with E-state index in [0.717, 1.165) is 17.7 Å². The fourth-order valence-electron chi connectivity index (χ4n) is 3.58. The molecular formula is C23H29NO3S. The second-order valence-electron chi connectivity index (χ2n) is 7.58. The van der Waals surface area contributed by atoms with Gasteiger partial charge in [-0.25, -0.2) is 0 Å². The summed E-state index contributed by atoms with van der Waals surface area (Å²) >= 11 is 1.91. The van der Waals surface area contributed by atoms with Crippen LogP contribution < -0.4 is 5.73 Å². The highest BCUT2D eigenvalue weighted by molar-refractivity contribution is 7.99. The van der Waals surface area contributed by atoms with Crippen LogP contribution >= 0.6 is 11.8 Å². The van der Waals surface area contributed by atoms with E-state index in [2.05, 4.69) is 32.0 Å². The third-order valence-corrected chi connectivity index (χ3v) is 6.59. The number of esters is 1. The first-order valence-electron chi connectivity index (χ1n) is 9.95. The third-order valence-electron chi connectivity index (χ3n) is 5.34. The number of aromatic hydroxyl groups is 1. The Morgan fingerprint density at radius 2 is 2.07 bits per heavy atom. The molecule has 1 aliphatic heterocycles. The van der Waals surface area contributed by atoms with E-state index in [0.29, 0.717) is 18.7 Å². The highest BCUT2D eigenvalue weighted by atomic mass is 32.2. The molecule has 0 saturated carbocycles. The Morgan fingerprint density at radius 1 is 1.25 bits per heavy atom. The maximum atomic E-state index is 12.3. The summed E-state index contributed by atoms with van der Waals surface area (Å²) < 4.78 is 5.53. The number of cyclic esters (lactones) is 1. The molecule has 150 valence electrons. The van der Waals surface area contributed by atoms with Gasteiger partial charge in [-0.05, 0) is 66.8 Å². The number of carbonyl (C=O) groups is 1. The van der Waals surface area contributed by atoms with Gasteiger partial charge in [0.2, 0.25) is 0 Å². The van der Waals surface area contributed by atoms with Crippen LogP contribution in [0.4, 0.5) is 5.69 Å². The minimum Gasteiger partial charge on any atom is -0.506 e. The van der Waals surface area contributed by atoms with Crippen molar-refractivity contribution >= 4 is 23.4 Å². The molecule has 0 aliphatic carbocycles. The number of hydrogen-bond donors (Lipinski definition) is 2. The third kappa shape index (κ3) is 5.02. The lowest BCUT2D eigenvalue weighted by Crippen LogP contribution is -2.31. The number of phenolic OH excluding ortho intramolecular Hbond substituents is 1. The van der Waals surface area contributed by atoms with Crippen LogP contribution in [0.1, 0.15) is 48.8 Å². The van der Waals surface area contributed by atoms with E-state index in [9.17, 15) is 9.90 Å². The fourth-order valence-corrected chi connectivity index (χ4v) is 4.74. The van der Waals surface area contributed by atoms with Crippen molar-refractivity contribution in [3.05, 3.63) is 53.1 Å². The van der Waals surface area contributed by atoms with Gasteiger partial charge < -0.3 is 15.6 Å². The lowest BCUT2D eigenvalue weighted by molar-refractivity contribution is -0.154. The molecule has 4 nitrogen and oxygen atoms in total. The predicted octanol–water partition coefficient (Wildman–Crippen LogP) is 5.06. The lowest BCUT2D eigenvalue weighted by atomic mass is 9.84. The summed E-state index contributed by atoms with van der Waals surface area (Å²) in [6.45, 7) is 4.80. The number of nitrogen functional groups attached to an aromatic ring is 1. The standard InChI is InChI=1S/C23H29NO3S/c1-3-4-9-28-22-13-17(7-5-15(22)2)19-12-18(23(26)27-14-19)10-16-6-8-21(25)20(24)11-16/h5-8,11,13,18-19,25H,3-4,9-10,12,14,24H2,1-2H3. The van der Waals surface area contributed by atoms with Crippen molar-refractivity contribution in [1.82, 2.24) is 0 Å². The molecule has 5 heteroatoms. The molecule has 1 heterocycles. The minimum atomic E-state index is -0.194. The van der Waals surface area contributed by atoms with Gasteiger partial charge in [-0.3, -0.25) is 4.79 Å². The maximum absolute atomic E-state index is 12.3. The predicted molar refractivity (Wildman–Crippen MR) is 115 cm³/mol. The first kappa shape index (κ1) is 20.6. The molecule has 1 aliphatic rings. The van der Waals surface area contributed by atoms with E-state index in [-0.39, 0.29) is 23.6 Å². The van der Waals surface area contributed by atoms with Crippen LogP contribution in [0.15, 0.2) is 41.3 Å². The smallest absolute Gasteiger partial charge is 0.309 e. The van der Waals surface area contributed by atoms with Gasteiger partial charge in [-0.15, -0.1) is 11.8 Å². The number of benzene rings is 2. The van der Waals surface area contributed by atoms with Crippen molar-refractivity contribution in [3.8, 4) is 5.75 Å². The van der Waals surface area contributed by atoms with Crippen molar-refractivity contribution < 1.29 is 14.6 Å². The molecule has 3 N–H and O–H groups in total. The van der Waals surface area contributed by atoms with Crippen molar-refractivity contribution in [1.29, 1.82) is 0 Å². The summed E-state index contributed by atoms with van der Waals surface area (Å²) in [7, 11) is 0. The number of aryl methyl sites for hydroxylation is 1. The van der Waals surface area contributed by atoms with E-state index in [1.165, 1.54) is 28.9 Å². The quantitative estimate of drug-likeness (QED) is 0.224. The molecule has 0 aromatic heterocycles. The van der Waals surface area contributed by atoms with Gasteiger partial charge in [-0.2, -0.15) is 0 Å². The van der Waals surface area contributed by atoms with E-state index in [4.69, 9.17) is 10.5 Å². The minimum absolute atomic E-state index is 0.0700. The first-order chi connectivity index (χ1) is 13.5. The van der Waals surface area contributed by atoms with E-state index >= 15 is 0 Å². The van der Waals surface area contributed by atoms with E-state index in [1.807, 2.05) is 17.8 Å². The van der Waals surface area contributed by atoms with Crippen LogP contribution in [0, 0.1) is 12.8 Å². The zero-order chi connectivity index (χ0) is 20.1. The Balaban J connectivity index is 1.72. The Labute approximate surface area is 171 Å². The molecule has 2 aromatic rings. The molecule has 0 spiro atoms. The summed E-state index contributed by atoms with van der Waals surface area (Å²) in [6.07, 6.45) is 3.76. The van der Waals surface area contributed by atoms with Crippen LogP contribution in [0.25, 0.3) is 0 Å². The number of unbranched alkanes of at least 4 members (excludes halogenated alkanes) is 1. The highest BCUT2D eigenvalue weighted by Crippen LogP contribution is 2.35. The number of rotatable bonds is 7. The number of carbonyl (C=O) groups excluding carboxylic acids is 1. The SMILES string of the molecule is CCCCSc1cc(C2COC(=O)C(Cc3ccc(O)c(N)c3)C2)ccc1C. The van der Waals surface area contributed by atoms with E-state index in [1.54, 1.807) is 12.1 Å². The van der Waals surface area contributed by atoms with Crippen molar-refractivity contribution in [2.75, 3.05) is 18.1 Å². The van der Waals surface area contributed by atoms with Crippen molar-refractivity contribution in [2.24, 2.45) is 5.92 Å². The molecule has 0 bridgehead atoms. The van der Waals surface area contributed by atoms with Crippen LogP contribution in [-0.2, 0) is 16.0 Å². The van der Waals surface area contributed by atoms with Gasteiger partial charge in [0.1, 0.15) is 5.75 Å². The van der Waals surface area contributed by atoms with Gasteiger partial charge in [0.25, 0.3) is 0 Å². The lowest BCUT2D eigenvalue weighted by Gasteiger charge is -2.29. The van der Waals surface area contributed by atoms with Gasteiger partial charge >= 0.3 is 5.97 Å². The largest absolute Gasteiger partial charge is 0.506 e. The molecule has 1 fully saturated rings. The first-order valence-corrected chi connectivity index (χ1v) is 10.9. The molecule has 2 atom stereocenters. The molecular weight excluding hydrogens is 370 g/mol. The summed E-state index contributed by atoms with van der Waals surface area (Å²) in [6, 6.07) is 11.7. The highest BCUT2D eigenvalue weighted by Gasteiger charge is 2.31. The molecule has 0 amide bonds. The maximum Gasteiger partial charge on any atom is 0.309 e. The Hall–Kier alpha value is -2.14. The Morgan fingerprint density at radius 3 is 2.82 bits per heavy atom. The monoisotopic (exact) mass is 399 g/mol. The van der Waals surface area contributed by atoms with Crippen molar-refractivity contribution in [2.45, 2.75) is 50.3 Å². The average Bonchev–Trinajstić information content (AvgIpc) is 2.68. The second-order valence-corrected chi connectivity index (χ2v) is 8.72. The molecule has 28 heavy (non-hydrogen) atoms. The number of phenols is 1. The van der Waals surface area contributed by atoms with Gasteiger partial charge in [0.05, 0.1) is 18.2 Å². The zero-order valence-corrected chi connectivity index (χ0v) is 17.4. The summed E-state index contributed by atoms with van der Waals surface area (Å²) in [4.78, 5) is 13.6. The van der Waals surface area contributed by atoms with Gasteiger partial charge in [0.15, 0.2) is 0 Å². The molecule has 3 rings (SSSR count). The summed E-state index contributed by atoms with van der Waals surface area (Å²) in [5.74, 6) is 1.07. The Bertz CT molecular complexity index is 837. The number of anilines is 1. The molecule has 2 aromatic carbocycles. The number of hydrogen-bond acceptors (Lipinski definition) is 5.